The molecule has 1 heterocycles. The van der Waals surface area contributed by atoms with Crippen molar-refractivity contribution >= 4 is 11.3 Å². The first kappa shape index (κ1) is 11.2. The fourth-order valence-corrected chi connectivity index (χ4v) is 2.37. The first-order valence-corrected chi connectivity index (χ1v) is 6.01. The van der Waals surface area contributed by atoms with Crippen LogP contribution in [0.25, 0.3) is 0 Å². The SMILES string of the molecule is NCC(Cc1ccc(F)cc1)c1nccs1. The van der Waals surface area contributed by atoms with Gasteiger partial charge in [0.25, 0.3) is 0 Å². The molecular formula is C12H13FN2S. The summed E-state index contributed by atoms with van der Waals surface area (Å²) in [5.74, 6) is 0.0211. The van der Waals surface area contributed by atoms with Crippen molar-refractivity contribution in [3.05, 3.63) is 52.2 Å². The Morgan fingerprint density at radius 2 is 2.06 bits per heavy atom. The molecule has 2 N–H and O–H groups in total. The molecule has 1 atom stereocenters. The van der Waals surface area contributed by atoms with Gasteiger partial charge in [-0.3, -0.25) is 0 Å². The molecule has 0 radical (unpaired) electrons. The lowest BCUT2D eigenvalue weighted by molar-refractivity contribution is 0.625. The fourth-order valence-electron chi connectivity index (χ4n) is 1.61. The number of hydrogen-bond donors (Lipinski definition) is 1. The highest BCUT2D eigenvalue weighted by atomic mass is 32.1. The van der Waals surface area contributed by atoms with Crippen LogP contribution >= 0.6 is 11.3 Å². The van der Waals surface area contributed by atoms with E-state index in [0.717, 1.165) is 17.0 Å². The maximum Gasteiger partial charge on any atom is 0.123 e. The second kappa shape index (κ2) is 5.18. The second-order valence-electron chi connectivity index (χ2n) is 3.63. The Morgan fingerprint density at radius 3 is 2.62 bits per heavy atom. The van der Waals surface area contributed by atoms with Crippen LogP contribution in [0.4, 0.5) is 4.39 Å². The van der Waals surface area contributed by atoms with Gasteiger partial charge in [0.05, 0.1) is 5.01 Å². The van der Waals surface area contributed by atoms with Crippen LogP contribution in [0.15, 0.2) is 35.8 Å². The van der Waals surface area contributed by atoms with Crippen molar-refractivity contribution in [3.8, 4) is 0 Å². The van der Waals surface area contributed by atoms with Crippen LogP contribution in [0.2, 0.25) is 0 Å². The number of thiazole rings is 1. The molecule has 0 aliphatic rings. The molecule has 2 nitrogen and oxygen atoms in total. The van der Waals surface area contributed by atoms with E-state index >= 15 is 0 Å². The van der Waals surface area contributed by atoms with Crippen LogP contribution in [-0.4, -0.2) is 11.5 Å². The number of halogens is 1. The van der Waals surface area contributed by atoms with Gasteiger partial charge in [0.15, 0.2) is 0 Å². The molecule has 0 aliphatic heterocycles. The molecule has 1 aromatic heterocycles. The number of aromatic nitrogens is 1. The number of nitrogens with two attached hydrogens (primary N) is 1. The molecule has 0 aliphatic carbocycles. The third-order valence-corrected chi connectivity index (χ3v) is 3.42. The van der Waals surface area contributed by atoms with Gasteiger partial charge in [-0.25, -0.2) is 9.37 Å². The predicted molar refractivity (Wildman–Crippen MR) is 64.0 cm³/mol. The largest absolute Gasteiger partial charge is 0.330 e. The third-order valence-electron chi connectivity index (χ3n) is 2.48. The normalized spacial score (nSPS) is 12.6. The minimum Gasteiger partial charge on any atom is -0.330 e. The van der Waals surface area contributed by atoms with Crippen molar-refractivity contribution in [2.24, 2.45) is 5.73 Å². The Hall–Kier alpha value is -1.26. The average Bonchev–Trinajstić information content (AvgIpc) is 2.82. The summed E-state index contributed by atoms with van der Waals surface area (Å²) in [4.78, 5) is 4.27. The van der Waals surface area contributed by atoms with Gasteiger partial charge in [0.1, 0.15) is 5.82 Å². The summed E-state index contributed by atoms with van der Waals surface area (Å²) in [5, 5.41) is 3.00. The van der Waals surface area contributed by atoms with E-state index in [1.807, 2.05) is 5.38 Å². The number of hydrogen-bond acceptors (Lipinski definition) is 3. The van der Waals surface area contributed by atoms with Crippen LogP contribution in [-0.2, 0) is 6.42 Å². The molecule has 16 heavy (non-hydrogen) atoms. The number of nitrogens with zero attached hydrogens (tertiary/aromatic N) is 1. The zero-order valence-electron chi connectivity index (χ0n) is 8.77. The molecule has 1 unspecified atom stereocenters. The van der Waals surface area contributed by atoms with Gasteiger partial charge in [-0.1, -0.05) is 12.1 Å². The lowest BCUT2D eigenvalue weighted by Gasteiger charge is -2.11. The summed E-state index contributed by atoms with van der Waals surface area (Å²) in [6.07, 6.45) is 2.59. The average molecular weight is 236 g/mol. The molecular weight excluding hydrogens is 223 g/mol. The van der Waals surface area contributed by atoms with Gasteiger partial charge in [0.2, 0.25) is 0 Å². The zero-order chi connectivity index (χ0) is 11.4. The minimum atomic E-state index is -0.206. The van der Waals surface area contributed by atoms with E-state index in [4.69, 9.17) is 5.73 Å². The monoisotopic (exact) mass is 236 g/mol. The summed E-state index contributed by atoms with van der Waals surface area (Å²) in [5.41, 5.74) is 6.82. The Labute approximate surface area is 97.9 Å². The molecule has 84 valence electrons. The first-order valence-electron chi connectivity index (χ1n) is 5.13. The summed E-state index contributed by atoms with van der Waals surface area (Å²) >= 11 is 1.61. The van der Waals surface area contributed by atoms with Crippen molar-refractivity contribution in [2.45, 2.75) is 12.3 Å². The third kappa shape index (κ3) is 2.65. The summed E-state index contributed by atoms with van der Waals surface area (Å²) in [7, 11) is 0. The van der Waals surface area contributed by atoms with E-state index < -0.39 is 0 Å². The molecule has 2 aromatic rings. The lowest BCUT2D eigenvalue weighted by atomic mass is 10.00. The molecule has 0 saturated heterocycles. The maximum absolute atomic E-state index is 12.7. The molecule has 2 rings (SSSR count). The molecule has 0 spiro atoms. The van der Waals surface area contributed by atoms with E-state index in [1.165, 1.54) is 12.1 Å². The molecule has 4 heteroatoms. The van der Waals surface area contributed by atoms with Crippen molar-refractivity contribution < 1.29 is 4.39 Å². The Kier molecular flexibility index (Phi) is 3.64. The topological polar surface area (TPSA) is 38.9 Å². The number of benzene rings is 1. The molecule has 0 amide bonds. The van der Waals surface area contributed by atoms with Crippen LogP contribution in [0.1, 0.15) is 16.5 Å². The summed E-state index contributed by atoms with van der Waals surface area (Å²) in [6, 6.07) is 6.55. The van der Waals surface area contributed by atoms with Crippen LogP contribution < -0.4 is 5.73 Å². The maximum atomic E-state index is 12.7. The molecule has 0 fully saturated rings. The van der Waals surface area contributed by atoms with Gasteiger partial charge in [-0.05, 0) is 24.1 Å². The standard InChI is InChI=1S/C12H13FN2S/c13-11-3-1-9(2-4-11)7-10(8-14)12-15-5-6-16-12/h1-6,10H,7-8,14H2. The van der Waals surface area contributed by atoms with Crippen LogP contribution in [0.3, 0.4) is 0 Å². The van der Waals surface area contributed by atoms with Gasteiger partial charge < -0.3 is 5.73 Å². The smallest absolute Gasteiger partial charge is 0.123 e. The van der Waals surface area contributed by atoms with Gasteiger partial charge >= 0.3 is 0 Å². The quantitative estimate of drug-likeness (QED) is 0.886. The van der Waals surface area contributed by atoms with Crippen LogP contribution in [0.5, 0.6) is 0 Å². The van der Waals surface area contributed by atoms with Gasteiger partial charge in [-0.2, -0.15) is 0 Å². The van der Waals surface area contributed by atoms with Crippen molar-refractivity contribution in [2.75, 3.05) is 6.54 Å². The predicted octanol–water partition coefficient (Wildman–Crippen LogP) is 2.57. The highest BCUT2D eigenvalue weighted by molar-refractivity contribution is 7.09. The summed E-state index contributed by atoms with van der Waals surface area (Å²) < 4.78 is 12.7. The van der Waals surface area contributed by atoms with Gasteiger partial charge in [0, 0.05) is 24.0 Å². The highest BCUT2D eigenvalue weighted by Gasteiger charge is 2.12. The van der Waals surface area contributed by atoms with E-state index in [0.29, 0.717) is 6.54 Å². The minimum absolute atomic E-state index is 0.206. The van der Waals surface area contributed by atoms with Gasteiger partial charge in [-0.15, -0.1) is 11.3 Å². The van der Waals surface area contributed by atoms with Crippen molar-refractivity contribution in [1.82, 2.24) is 4.98 Å². The first-order chi connectivity index (χ1) is 7.79. The zero-order valence-corrected chi connectivity index (χ0v) is 9.58. The van der Waals surface area contributed by atoms with Crippen molar-refractivity contribution in [3.63, 3.8) is 0 Å². The highest BCUT2D eigenvalue weighted by Crippen LogP contribution is 2.21. The Bertz CT molecular complexity index is 425. The van der Waals surface area contributed by atoms with E-state index in [-0.39, 0.29) is 11.7 Å². The molecule has 0 bridgehead atoms. The van der Waals surface area contributed by atoms with E-state index in [9.17, 15) is 4.39 Å². The summed E-state index contributed by atoms with van der Waals surface area (Å²) in [6.45, 7) is 0.560. The molecule has 1 aromatic carbocycles. The lowest BCUT2D eigenvalue weighted by Crippen LogP contribution is -2.14. The van der Waals surface area contributed by atoms with Crippen molar-refractivity contribution in [1.29, 1.82) is 0 Å². The van der Waals surface area contributed by atoms with E-state index in [1.54, 1.807) is 29.7 Å². The number of rotatable bonds is 4. The van der Waals surface area contributed by atoms with E-state index in [2.05, 4.69) is 4.98 Å². The second-order valence-corrected chi connectivity index (χ2v) is 4.56. The Morgan fingerprint density at radius 1 is 1.31 bits per heavy atom. The molecule has 0 saturated carbocycles. The fraction of sp³-hybridized carbons (Fsp3) is 0.250. The Balaban J connectivity index is 2.10. The van der Waals surface area contributed by atoms with Crippen LogP contribution in [0, 0.1) is 5.82 Å².